The van der Waals surface area contributed by atoms with Crippen LogP contribution in [0.3, 0.4) is 0 Å². The zero-order chi connectivity index (χ0) is 12.9. The fourth-order valence-corrected chi connectivity index (χ4v) is 0.528. The van der Waals surface area contributed by atoms with Crippen LogP contribution in [0.5, 0.6) is 0 Å². The number of aryl methyl sites for hydroxylation is 1. The molecule has 0 amide bonds. The number of nitrogens with one attached hydrogen (secondary N) is 1. The first-order chi connectivity index (χ1) is 7.11. The van der Waals surface area contributed by atoms with E-state index >= 15 is 0 Å². The van der Waals surface area contributed by atoms with Gasteiger partial charge in [0.15, 0.2) is 5.82 Å². The molecule has 4 heteroatoms. The fourth-order valence-electron chi connectivity index (χ4n) is 0.528. The monoisotopic (exact) mass is 214 g/mol. The molecule has 0 spiro atoms. The second kappa shape index (κ2) is 15.0. The van der Waals surface area contributed by atoms with Gasteiger partial charge < -0.3 is 16.5 Å². The normalized spacial score (nSPS) is 6.80. The van der Waals surface area contributed by atoms with Crippen molar-refractivity contribution in [1.82, 2.24) is 9.97 Å². The summed E-state index contributed by atoms with van der Waals surface area (Å²) in [6.07, 6.45) is 1.75. The lowest BCUT2D eigenvalue weighted by Crippen LogP contribution is -1.91. The molecule has 0 aliphatic carbocycles. The highest BCUT2D eigenvalue weighted by Gasteiger charge is 1.95. The Bertz CT molecular complexity index is 209. The summed E-state index contributed by atoms with van der Waals surface area (Å²) in [5.41, 5.74) is 10.6. The fraction of sp³-hybridized carbons (Fsp3) is 0.545. The molecule has 0 atom stereocenters. The summed E-state index contributed by atoms with van der Waals surface area (Å²) in [6, 6.07) is 0. The maximum absolute atomic E-state index is 5.30. The van der Waals surface area contributed by atoms with Crippen LogP contribution in [0.15, 0.2) is 12.7 Å². The van der Waals surface area contributed by atoms with Gasteiger partial charge in [-0.15, -0.1) is 6.58 Å². The minimum Gasteiger partial charge on any atom is -0.382 e. The molecule has 0 saturated carbocycles. The zero-order valence-corrected chi connectivity index (χ0v) is 10.9. The third-order valence-corrected chi connectivity index (χ3v) is 0.880. The Balaban J connectivity index is -0.000000176. The lowest BCUT2D eigenvalue weighted by Gasteiger charge is -1.80. The highest BCUT2D eigenvalue weighted by molar-refractivity contribution is 5.52. The van der Waals surface area contributed by atoms with E-state index in [1.54, 1.807) is 13.0 Å². The maximum Gasteiger partial charge on any atom is 0.166 e. The molecule has 0 fully saturated rings. The molecule has 0 radical (unpaired) electrons. The van der Waals surface area contributed by atoms with Crippen LogP contribution in [0.2, 0.25) is 0 Å². The van der Waals surface area contributed by atoms with Crippen LogP contribution >= 0.6 is 0 Å². The lowest BCUT2D eigenvalue weighted by atomic mass is 10.7. The number of aromatic nitrogens is 2. The van der Waals surface area contributed by atoms with Gasteiger partial charge in [-0.25, -0.2) is 4.98 Å². The van der Waals surface area contributed by atoms with E-state index in [0.29, 0.717) is 11.6 Å². The molecule has 4 nitrogen and oxygen atoms in total. The van der Waals surface area contributed by atoms with Crippen molar-refractivity contribution in [2.24, 2.45) is 0 Å². The number of hydrogen-bond donors (Lipinski definition) is 3. The largest absolute Gasteiger partial charge is 0.382 e. The molecular weight excluding hydrogens is 188 g/mol. The van der Waals surface area contributed by atoms with E-state index in [1.807, 2.05) is 34.6 Å². The number of imidazole rings is 1. The molecule has 5 N–H and O–H groups in total. The number of rotatable bonds is 0. The average molecular weight is 214 g/mol. The van der Waals surface area contributed by atoms with Gasteiger partial charge >= 0.3 is 0 Å². The molecule has 1 rings (SSSR count). The number of anilines is 2. The summed E-state index contributed by atoms with van der Waals surface area (Å²) < 4.78 is 0. The number of H-pyrrole nitrogens is 1. The molecule has 0 aliphatic rings. The van der Waals surface area contributed by atoms with Gasteiger partial charge in [-0.1, -0.05) is 33.8 Å². The topological polar surface area (TPSA) is 80.7 Å². The van der Waals surface area contributed by atoms with E-state index < -0.39 is 0 Å². The van der Waals surface area contributed by atoms with Crippen LogP contribution in [-0.4, -0.2) is 9.97 Å². The summed E-state index contributed by atoms with van der Waals surface area (Å²) in [5, 5.41) is 0. The van der Waals surface area contributed by atoms with Crippen LogP contribution in [0, 0.1) is 6.92 Å². The van der Waals surface area contributed by atoms with Crippen LogP contribution in [0.4, 0.5) is 11.6 Å². The molecule has 0 bridgehead atoms. The highest BCUT2D eigenvalue weighted by atomic mass is 15.0. The Morgan fingerprint density at radius 1 is 1.20 bits per heavy atom. The van der Waals surface area contributed by atoms with Crippen molar-refractivity contribution in [2.45, 2.75) is 41.5 Å². The predicted molar refractivity (Wildman–Crippen MR) is 70.7 cm³/mol. The number of nitrogen functional groups attached to an aromatic ring is 2. The Morgan fingerprint density at radius 3 is 1.60 bits per heavy atom. The first-order valence-corrected chi connectivity index (χ1v) is 5.26. The quantitative estimate of drug-likeness (QED) is 0.580. The Hall–Kier alpha value is -1.45. The van der Waals surface area contributed by atoms with Gasteiger partial charge in [0.2, 0.25) is 0 Å². The van der Waals surface area contributed by atoms with Gasteiger partial charge in [0.1, 0.15) is 11.6 Å². The third kappa shape index (κ3) is 12.5. The van der Waals surface area contributed by atoms with Crippen molar-refractivity contribution in [3.8, 4) is 0 Å². The van der Waals surface area contributed by atoms with E-state index in [1.165, 1.54) is 0 Å². The van der Waals surface area contributed by atoms with Crippen LogP contribution in [0.25, 0.3) is 0 Å². The van der Waals surface area contributed by atoms with E-state index in [2.05, 4.69) is 16.5 Å². The molecule has 1 aromatic heterocycles. The Labute approximate surface area is 93.8 Å². The molecule has 90 valence electrons. The van der Waals surface area contributed by atoms with Crippen molar-refractivity contribution >= 4 is 11.6 Å². The number of nitrogens with zero attached hydrogens (tertiary/aromatic N) is 1. The van der Waals surface area contributed by atoms with Gasteiger partial charge in [-0.05, 0) is 13.8 Å². The van der Waals surface area contributed by atoms with Gasteiger partial charge in [0.05, 0.1) is 0 Å². The van der Waals surface area contributed by atoms with E-state index in [9.17, 15) is 0 Å². The van der Waals surface area contributed by atoms with E-state index in [4.69, 9.17) is 11.5 Å². The van der Waals surface area contributed by atoms with Crippen LogP contribution in [-0.2, 0) is 0 Å². The Morgan fingerprint density at radius 2 is 1.53 bits per heavy atom. The van der Waals surface area contributed by atoms with Crippen LogP contribution < -0.4 is 11.5 Å². The molecule has 15 heavy (non-hydrogen) atoms. The summed E-state index contributed by atoms with van der Waals surface area (Å²) in [5.74, 6) is 1.57. The van der Waals surface area contributed by atoms with Gasteiger partial charge in [0.25, 0.3) is 0 Å². The summed E-state index contributed by atoms with van der Waals surface area (Å²) in [7, 11) is 0. The molecule has 0 saturated heterocycles. The molecular formula is C11H26N4. The van der Waals surface area contributed by atoms with Crippen molar-refractivity contribution in [2.75, 3.05) is 11.5 Å². The van der Waals surface area contributed by atoms with Crippen molar-refractivity contribution in [3.63, 3.8) is 0 Å². The second-order valence-corrected chi connectivity index (χ2v) is 2.03. The number of hydrogen-bond acceptors (Lipinski definition) is 3. The summed E-state index contributed by atoms with van der Waals surface area (Å²) in [6.45, 7) is 15.0. The number of nitrogens with two attached hydrogens (primary N) is 2. The summed E-state index contributed by atoms with van der Waals surface area (Å²) >= 11 is 0. The molecule has 0 unspecified atom stereocenters. The van der Waals surface area contributed by atoms with Crippen molar-refractivity contribution in [3.05, 3.63) is 18.5 Å². The van der Waals surface area contributed by atoms with Crippen LogP contribution in [0.1, 0.15) is 40.4 Å². The minimum atomic E-state index is 0.377. The lowest BCUT2D eigenvalue weighted by molar-refractivity contribution is 1.15. The van der Waals surface area contributed by atoms with Crippen molar-refractivity contribution < 1.29 is 0 Å². The Kier molecular flexibility index (Phi) is 19.2. The molecule has 1 heterocycles. The van der Waals surface area contributed by atoms with Gasteiger partial charge in [0, 0.05) is 0 Å². The highest BCUT2D eigenvalue weighted by Crippen LogP contribution is 2.07. The molecule has 1 aromatic rings. The molecule has 0 aromatic carbocycles. The van der Waals surface area contributed by atoms with Crippen molar-refractivity contribution in [1.29, 1.82) is 0 Å². The van der Waals surface area contributed by atoms with Gasteiger partial charge in [-0.2, -0.15) is 0 Å². The minimum absolute atomic E-state index is 0.377. The predicted octanol–water partition coefficient (Wildman–Crippen LogP) is 3.13. The number of allylic oxidation sites excluding steroid dienone is 1. The van der Waals surface area contributed by atoms with E-state index in [0.717, 1.165) is 5.82 Å². The van der Waals surface area contributed by atoms with Gasteiger partial charge in [-0.3, -0.25) is 0 Å². The molecule has 0 aliphatic heterocycles. The van der Waals surface area contributed by atoms with E-state index in [-0.39, 0.29) is 0 Å². The standard InChI is InChI=1S/C4H8N4.C3H6.2C2H6/c1-2-7-3(5)4(6)8-2;1-3-2;2*1-2/h5-6H2,1H3,(H,7,8);3H,1H2,2H3;2*1-2H3. The average Bonchev–Trinajstić information content (AvgIpc) is 2.52. The number of aromatic amines is 1. The smallest absolute Gasteiger partial charge is 0.166 e. The SMILES string of the molecule is C=CC.CC.CC.Cc1nc(N)c(N)[nH]1. The first kappa shape index (κ1) is 19.2. The zero-order valence-electron chi connectivity index (χ0n) is 10.9. The first-order valence-electron chi connectivity index (χ1n) is 5.26. The maximum atomic E-state index is 5.30. The second-order valence-electron chi connectivity index (χ2n) is 2.03. The third-order valence-electron chi connectivity index (χ3n) is 0.880. The summed E-state index contributed by atoms with van der Waals surface area (Å²) in [4.78, 5) is 6.56.